The fourth-order valence-electron chi connectivity index (χ4n) is 2.02. The number of sulfonamides is 1. The maximum atomic E-state index is 11.8. The van der Waals surface area contributed by atoms with E-state index in [4.69, 9.17) is 0 Å². The quantitative estimate of drug-likeness (QED) is 0.664. The van der Waals surface area contributed by atoms with Crippen molar-refractivity contribution < 1.29 is 13.2 Å². The molecule has 1 heterocycles. The van der Waals surface area contributed by atoms with Gasteiger partial charge >= 0.3 is 0 Å². The number of amides is 1. The van der Waals surface area contributed by atoms with Crippen molar-refractivity contribution in [2.45, 2.75) is 26.7 Å². The van der Waals surface area contributed by atoms with Crippen LogP contribution in [-0.4, -0.2) is 30.3 Å². The smallest absolute Gasteiger partial charge is 0.233 e. The summed E-state index contributed by atoms with van der Waals surface area (Å²) < 4.78 is 26.1. The Hall–Kier alpha value is -2.68. The van der Waals surface area contributed by atoms with Crippen molar-refractivity contribution in [3.63, 3.8) is 0 Å². The molecule has 0 spiro atoms. The largest absolute Gasteiger partial charge is 0.339 e. The predicted octanol–water partition coefficient (Wildman–Crippen LogP) is 2.72. The summed E-state index contributed by atoms with van der Waals surface area (Å²) in [5, 5.41) is 13.6. The molecular formula is C16H21N5O3S. The normalized spacial score (nSPS) is 11.0. The van der Waals surface area contributed by atoms with Gasteiger partial charge in [-0.2, -0.15) is 0 Å². The summed E-state index contributed by atoms with van der Waals surface area (Å²) in [6.07, 6.45) is 1.39. The average Bonchev–Trinajstić information content (AvgIpc) is 2.54. The molecule has 0 bridgehead atoms. The molecule has 1 amide bonds. The molecule has 0 saturated heterocycles. The van der Waals surface area contributed by atoms with Crippen LogP contribution in [0, 0.1) is 0 Å². The molecule has 2 rings (SSSR count). The number of unbranched alkanes of at least 4 members (excludes halogenated alkanes) is 1. The summed E-state index contributed by atoms with van der Waals surface area (Å²) in [7, 11) is -3.40. The van der Waals surface area contributed by atoms with Crippen LogP contribution in [0.2, 0.25) is 0 Å². The lowest BCUT2D eigenvalue weighted by molar-refractivity contribution is -0.114. The summed E-state index contributed by atoms with van der Waals surface area (Å²) in [6.45, 7) is 3.36. The van der Waals surface area contributed by atoms with E-state index in [0.29, 0.717) is 17.9 Å². The van der Waals surface area contributed by atoms with Crippen LogP contribution in [0.3, 0.4) is 0 Å². The third kappa shape index (κ3) is 6.38. The molecule has 1 aromatic heterocycles. The van der Waals surface area contributed by atoms with Crippen molar-refractivity contribution in [2.24, 2.45) is 0 Å². The Bertz CT molecular complexity index is 822. The third-order valence-corrected chi connectivity index (χ3v) is 4.49. The molecule has 9 heteroatoms. The van der Waals surface area contributed by atoms with Gasteiger partial charge < -0.3 is 10.6 Å². The van der Waals surface area contributed by atoms with Gasteiger partial charge in [-0.15, -0.1) is 10.2 Å². The number of hydrogen-bond acceptors (Lipinski definition) is 6. The predicted molar refractivity (Wildman–Crippen MR) is 98.4 cm³/mol. The number of hydrogen-bond donors (Lipinski definition) is 3. The molecule has 1 aromatic carbocycles. The third-order valence-electron chi connectivity index (χ3n) is 3.15. The molecule has 0 saturated carbocycles. The van der Waals surface area contributed by atoms with Crippen LogP contribution < -0.4 is 15.4 Å². The molecule has 0 unspecified atom stereocenters. The van der Waals surface area contributed by atoms with Gasteiger partial charge in [-0.3, -0.25) is 9.52 Å². The second kappa shape index (κ2) is 8.43. The van der Waals surface area contributed by atoms with E-state index in [0.717, 1.165) is 12.1 Å². The molecule has 134 valence electrons. The number of carbonyl (C=O) groups excluding carboxylic acids is 1. The lowest BCUT2D eigenvalue weighted by Crippen LogP contribution is -2.17. The zero-order valence-corrected chi connectivity index (χ0v) is 14.9. The first-order valence-corrected chi connectivity index (χ1v) is 9.52. The Balaban J connectivity index is 2.02. The van der Waals surface area contributed by atoms with Crippen molar-refractivity contribution in [3.05, 3.63) is 36.4 Å². The first-order chi connectivity index (χ1) is 11.9. The molecule has 0 aliphatic heterocycles. The Kier molecular flexibility index (Phi) is 6.29. The van der Waals surface area contributed by atoms with Gasteiger partial charge in [-0.05, 0) is 36.8 Å². The SMILES string of the molecule is CCCCS(=O)(=O)Nc1ccc(Nc2cccc(NC(C)=O)c2)nn1. The highest BCUT2D eigenvalue weighted by Crippen LogP contribution is 2.19. The Labute approximate surface area is 147 Å². The Morgan fingerprint density at radius 1 is 1.08 bits per heavy atom. The van der Waals surface area contributed by atoms with E-state index in [9.17, 15) is 13.2 Å². The van der Waals surface area contributed by atoms with E-state index in [1.54, 1.807) is 24.3 Å². The number of rotatable bonds is 8. The topological polar surface area (TPSA) is 113 Å². The van der Waals surface area contributed by atoms with Crippen LogP contribution in [0.15, 0.2) is 36.4 Å². The van der Waals surface area contributed by atoms with Crippen molar-refractivity contribution >= 4 is 38.9 Å². The highest BCUT2D eigenvalue weighted by Gasteiger charge is 2.10. The molecule has 25 heavy (non-hydrogen) atoms. The van der Waals surface area contributed by atoms with Crippen LogP contribution in [0.5, 0.6) is 0 Å². The van der Waals surface area contributed by atoms with Gasteiger partial charge in [0.1, 0.15) is 0 Å². The lowest BCUT2D eigenvalue weighted by Gasteiger charge is -2.09. The van der Waals surface area contributed by atoms with Crippen LogP contribution in [-0.2, 0) is 14.8 Å². The maximum absolute atomic E-state index is 11.8. The van der Waals surface area contributed by atoms with E-state index < -0.39 is 10.0 Å². The van der Waals surface area contributed by atoms with Gasteiger partial charge in [0.15, 0.2) is 11.6 Å². The van der Waals surface area contributed by atoms with Gasteiger partial charge in [-0.1, -0.05) is 19.4 Å². The highest BCUT2D eigenvalue weighted by atomic mass is 32.2. The lowest BCUT2D eigenvalue weighted by atomic mass is 10.2. The average molecular weight is 363 g/mol. The molecule has 0 atom stereocenters. The summed E-state index contributed by atoms with van der Waals surface area (Å²) in [5.74, 6) is 0.531. The van der Waals surface area contributed by atoms with Crippen LogP contribution in [0.4, 0.5) is 23.0 Å². The summed E-state index contributed by atoms with van der Waals surface area (Å²) in [4.78, 5) is 11.1. The summed E-state index contributed by atoms with van der Waals surface area (Å²) >= 11 is 0. The van der Waals surface area contributed by atoms with Crippen LogP contribution >= 0.6 is 0 Å². The first-order valence-electron chi connectivity index (χ1n) is 7.87. The number of nitrogens with one attached hydrogen (secondary N) is 3. The minimum absolute atomic E-state index is 0.0567. The molecule has 0 radical (unpaired) electrons. The zero-order chi connectivity index (χ0) is 18.3. The van der Waals surface area contributed by atoms with Crippen LogP contribution in [0.25, 0.3) is 0 Å². The van der Waals surface area contributed by atoms with E-state index >= 15 is 0 Å². The number of nitrogens with zero attached hydrogens (tertiary/aromatic N) is 2. The molecule has 2 aromatic rings. The number of carbonyl (C=O) groups is 1. The Morgan fingerprint density at radius 2 is 1.76 bits per heavy atom. The zero-order valence-electron chi connectivity index (χ0n) is 14.1. The van der Waals surface area contributed by atoms with E-state index in [1.807, 2.05) is 13.0 Å². The fraction of sp³-hybridized carbons (Fsp3) is 0.312. The first kappa shape index (κ1) is 18.7. The minimum atomic E-state index is -3.40. The monoisotopic (exact) mass is 363 g/mol. The van der Waals surface area contributed by atoms with E-state index in [1.165, 1.54) is 13.0 Å². The van der Waals surface area contributed by atoms with Crippen molar-refractivity contribution in [1.82, 2.24) is 10.2 Å². The van der Waals surface area contributed by atoms with Crippen molar-refractivity contribution in [3.8, 4) is 0 Å². The molecular weight excluding hydrogens is 342 g/mol. The summed E-state index contributed by atoms with van der Waals surface area (Å²) in [5.41, 5.74) is 1.38. The van der Waals surface area contributed by atoms with E-state index in [-0.39, 0.29) is 17.5 Å². The summed E-state index contributed by atoms with van der Waals surface area (Å²) in [6, 6.07) is 10.3. The molecule has 0 aliphatic carbocycles. The van der Waals surface area contributed by atoms with Gasteiger partial charge in [0.25, 0.3) is 0 Å². The maximum Gasteiger partial charge on any atom is 0.233 e. The second-order valence-electron chi connectivity index (χ2n) is 5.47. The van der Waals surface area contributed by atoms with Gasteiger partial charge in [-0.25, -0.2) is 8.42 Å². The Morgan fingerprint density at radius 3 is 2.40 bits per heavy atom. The number of benzene rings is 1. The van der Waals surface area contributed by atoms with Gasteiger partial charge in [0, 0.05) is 18.3 Å². The van der Waals surface area contributed by atoms with Crippen LogP contribution in [0.1, 0.15) is 26.7 Å². The number of aromatic nitrogens is 2. The molecule has 8 nitrogen and oxygen atoms in total. The molecule has 3 N–H and O–H groups in total. The second-order valence-corrected chi connectivity index (χ2v) is 7.31. The van der Waals surface area contributed by atoms with E-state index in [2.05, 4.69) is 25.6 Å². The minimum Gasteiger partial charge on any atom is -0.339 e. The standard InChI is InChI=1S/C16H21N5O3S/c1-3-4-10-25(23,24)21-16-9-8-15(19-20-16)18-14-7-5-6-13(11-14)17-12(2)22/h5-9,11H,3-4,10H2,1-2H3,(H,17,22)(H,18,19)(H,20,21). The van der Waals surface area contributed by atoms with Gasteiger partial charge in [0.2, 0.25) is 15.9 Å². The van der Waals surface area contributed by atoms with Gasteiger partial charge in [0.05, 0.1) is 5.75 Å². The van der Waals surface area contributed by atoms with Crippen molar-refractivity contribution in [2.75, 3.05) is 21.1 Å². The number of anilines is 4. The molecule has 0 fully saturated rings. The fourth-order valence-corrected chi connectivity index (χ4v) is 3.22. The molecule has 0 aliphatic rings. The van der Waals surface area contributed by atoms with Crippen molar-refractivity contribution in [1.29, 1.82) is 0 Å². The highest BCUT2D eigenvalue weighted by molar-refractivity contribution is 7.92.